The lowest BCUT2D eigenvalue weighted by molar-refractivity contribution is -0.121. The molecule has 1 aliphatic carbocycles. The molecule has 0 bridgehead atoms. The van der Waals surface area contributed by atoms with Crippen molar-refractivity contribution in [3.8, 4) is 0 Å². The zero-order valence-electron chi connectivity index (χ0n) is 17.3. The Kier molecular flexibility index (Phi) is 5.69. The lowest BCUT2D eigenvalue weighted by Crippen LogP contribution is -2.55. The first-order valence-corrected chi connectivity index (χ1v) is 10.6. The number of aryl methyl sites for hydroxylation is 1. The Hall–Kier alpha value is -2.25. The number of amides is 1. The lowest BCUT2D eigenvalue weighted by Gasteiger charge is -2.40. The lowest BCUT2D eigenvalue weighted by atomic mass is 10.0. The Balaban J connectivity index is 1.41. The van der Waals surface area contributed by atoms with E-state index in [2.05, 4.69) is 24.1 Å². The molecule has 1 aliphatic heterocycles. The van der Waals surface area contributed by atoms with Crippen molar-refractivity contribution in [2.75, 3.05) is 32.8 Å². The molecule has 7 heteroatoms. The van der Waals surface area contributed by atoms with Gasteiger partial charge < -0.3 is 10.1 Å². The number of hydrogen-bond donors (Lipinski definition) is 1. The van der Waals surface area contributed by atoms with Gasteiger partial charge in [-0.2, -0.15) is 0 Å². The van der Waals surface area contributed by atoms with E-state index >= 15 is 0 Å². The highest BCUT2D eigenvalue weighted by Gasteiger charge is 2.30. The maximum absolute atomic E-state index is 12.9. The number of carbonyl (C=O) groups excluding carboxylic acids is 1. The van der Waals surface area contributed by atoms with Gasteiger partial charge in [0, 0.05) is 44.1 Å². The Morgan fingerprint density at radius 1 is 1.24 bits per heavy atom. The molecule has 0 unspecified atom stereocenters. The van der Waals surface area contributed by atoms with E-state index < -0.39 is 0 Å². The van der Waals surface area contributed by atoms with Gasteiger partial charge in [-0.25, -0.2) is 4.98 Å². The smallest absolute Gasteiger partial charge is 0.261 e. The van der Waals surface area contributed by atoms with Gasteiger partial charge in [0.25, 0.3) is 5.56 Å². The third-order valence-electron chi connectivity index (χ3n) is 5.95. The van der Waals surface area contributed by atoms with E-state index in [-0.39, 0.29) is 23.0 Å². The number of rotatable bonds is 7. The van der Waals surface area contributed by atoms with Crippen LogP contribution >= 0.6 is 0 Å². The second-order valence-electron chi connectivity index (χ2n) is 8.64. The van der Waals surface area contributed by atoms with E-state index in [0.29, 0.717) is 30.3 Å². The average molecular weight is 399 g/mol. The minimum atomic E-state index is -0.114. The summed E-state index contributed by atoms with van der Waals surface area (Å²) < 4.78 is 7.23. The quantitative estimate of drug-likeness (QED) is 0.771. The van der Waals surface area contributed by atoms with Crippen LogP contribution in [-0.2, 0) is 16.0 Å². The zero-order valence-corrected chi connectivity index (χ0v) is 17.3. The number of fused-ring (bicyclic) bond motifs is 1. The summed E-state index contributed by atoms with van der Waals surface area (Å²) in [5.41, 5.74) is 0.608. The third-order valence-corrected chi connectivity index (χ3v) is 5.95. The number of ether oxygens (including phenoxy) is 1. The molecule has 7 nitrogen and oxygen atoms in total. The van der Waals surface area contributed by atoms with Crippen molar-refractivity contribution in [3.63, 3.8) is 0 Å². The first kappa shape index (κ1) is 20.0. The van der Waals surface area contributed by atoms with Gasteiger partial charge in [-0.3, -0.25) is 19.1 Å². The molecule has 2 fully saturated rings. The van der Waals surface area contributed by atoms with Gasteiger partial charge in [-0.05, 0) is 38.8 Å². The Morgan fingerprint density at radius 3 is 2.69 bits per heavy atom. The first-order chi connectivity index (χ1) is 14.0. The summed E-state index contributed by atoms with van der Waals surface area (Å²) >= 11 is 0. The highest BCUT2D eigenvalue weighted by molar-refractivity contribution is 5.78. The fourth-order valence-electron chi connectivity index (χ4n) is 3.99. The number of benzene rings is 1. The molecular weight excluding hydrogens is 368 g/mol. The SMILES string of the molecule is CC(C)(CNC(=O)CCc1nc2ccccc2c(=O)n1C1CC1)N1CCOCC1. The van der Waals surface area contributed by atoms with Gasteiger partial charge in [-0.1, -0.05) is 12.1 Å². The summed E-state index contributed by atoms with van der Waals surface area (Å²) in [6.45, 7) is 8.14. The normalized spacial score (nSPS) is 18.1. The molecule has 1 N–H and O–H groups in total. The number of nitrogens with one attached hydrogen (secondary N) is 1. The second kappa shape index (κ2) is 8.24. The van der Waals surface area contributed by atoms with E-state index in [1.165, 1.54) is 0 Å². The van der Waals surface area contributed by atoms with Gasteiger partial charge in [0.2, 0.25) is 5.91 Å². The molecule has 2 aromatic rings. The summed E-state index contributed by atoms with van der Waals surface area (Å²) in [4.78, 5) is 32.5. The van der Waals surface area contributed by atoms with Crippen LogP contribution in [0.1, 0.15) is 45.0 Å². The van der Waals surface area contributed by atoms with Gasteiger partial charge in [0.15, 0.2) is 0 Å². The number of nitrogens with zero attached hydrogens (tertiary/aromatic N) is 3. The molecule has 4 rings (SSSR count). The van der Waals surface area contributed by atoms with Gasteiger partial charge in [-0.15, -0.1) is 0 Å². The van der Waals surface area contributed by atoms with Crippen LogP contribution in [0.25, 0.3) is 10.9 Å². The molecule has 0 atom stereocenters. The molecule has 156 valence electrons. The molecule has 1 aromatic carbocycles. The summed E-state index contributed by atoms with van der Waals surface area (Å²) in [6.07, 6.45) is 2.82. The molecule has 2 heterocycles. The van der Waals surface area contributed by atoms with Gasteiger partial charge in [0.05, 0.1) is 24.1 Å². The summed E-state index contributed by atoms with van der Waals surface area (Å²) in [5, 5.41) is 3.72. The average Bonchev–Trinajstić information content (AvgIpc) is 3.56. The summed E-state index contributed by atoms with van der Waals surface area (Å²) in [6, 6.07) is 7.68. The van der Waals surface area contributed by atoms with Crippen molar-refractivity contribution in [2.24, 2.45) is 0 Å². The molecule has 1 aromatic heterocycles. The van der Waals surface area contributed by atoms with Crippen molar-refractivity contribution in [1.29, 1.82) is 0 Å². The van der Waals surface area contributed by atoms with Crippen LogP contribution in [0.5, 0.6) is 0 Å². The largest absolute Gasteiger partial charge is 0.379 e. The molecular formula is C22H30N4O3. The van der Waals surface area contributed by atoms with Crippen molar-refractivity contribution in [2.45, 2.75) is 51.1 Å². The molecule has 1 saturated heterocycles. The first-order valence-electron chi connectivity index (χ1n) is 10.6. The van der Waals surface area contributed by atoms with Crippen LogP contribution in [0.2, 0.25) is 0 Å². The van der Waals surface area contributed by atoms with Crippen molar-refractivity contribution >= 4 is 16.8 Å². The molecule has 1 saturated carbocycles. The second-order valence-corrected chi connectivity index (χ2v) is 8.64. The fourth-order valence-corrected chi connectivity index (χ4v) is 3.99. The minimum Gasteiger partial charge on any atom is -0.379 e. The number of aromatic nitrogens is 2. The predicted octanol–water partition coefficient (Wildman–Crippen LogP) is 1.89. The monoisotopic (exact) mass is 398 g/mol. The zero-order chi connectivity index (χ0) is 20.4. The van der Waals surface area contributed by atoms with Crippen LogP contribution < -0.4 is 10.9 Å². The third kappa shape index (κ3) is 4.51. The highest BCUT2D eigenvalue weighted by Crippen LogP contribution is 2.34. The number of carbonyl (C=O) groups is 1. The standard InChI is InChI=1S/C22H30N4O3/c1-22(2,25-11-13-29-14-12-25)15-23-20(27)10-9-19-24-18-6-4-3-5-17(18)21(28)26(19)16-7-8-16/h3-6,16H,7-15H2,1-2H3,(H,23,27). The Morgan fingerprint density at radius 2 is 1.97 bits per heavy atom. The summed E-state index contributed by atoms with van der Waals surface area (Å²) in [7, 11) is 0. The Bertz CT molecular complexity index is 943. The highest BCUT2D eigenvalue weighted by atomic mass is 16.5. The predicted molar refractivity (Wildman–Crippen MR) is 112 cm³/mol. The van der Waals surface area contributed by atoms with Gasteiger partial charge in [0.1, 0.15) is 5.82 Å². The minimum absolute atomic E-state index is 0.00362. The Labute approximate surface area is 171 Å². The van der Waals surface area contributed by atoms with Gasteiger partial charge >= 0.3 is 0 Å². The van der Waals surface area contributed by atoms with Crippen LogP contribution in [-0.4, -0.2) is 58.7 Å². The number of morpholine rings is 1. The van der Waals surface area contributed by atoms with Crippen LogP contribution in [0.3, 0.4) is 0 Å². The molecule has 0 spiro atoms. The van der Waals surface area contributed by atoms with E-state index in [1.54, 1.807) is 0 Å². The number of para-hydroxylation sites is 1. The molecule has 0 radical (unpaired) electrons. The maximum atomic E-state index is 12.9. The topological polar surface area (TPSA) is 76.5 Å². The molecule has 2 aliphatic rings. The maximum Gasteiger partial charge on any atom is 0.261 e. The summed E-state index contributed by atoms with van der Waals surface area (Å²) in [5.74, 6) is 0.717. The van der Waals surface area contributed by atoms with E-state index in [1.807, 2.05) is 28.8 Å². The number of hydrogen-bond acceptors (Lipinski definition) is 5. The fraction of sp³-hybridized carbons (Fsp3) is 0.591. The molecule has 29 heavy (non-hydrogen) atoms. The van der Waals surface area contributed by atoms with Crippen LogP contribution in [0.4, 0.5) is 0 Å². The van der Waals surface area contributed by atoms with Crippen LogP contribution in [0, 0.1) is 0 Å². The van der Waals surface area contributed by atoms with Crippen molar-refractivity contribution < 1.29 is 9.53 Å². The van der Waals surface area contributed by atoms with Crippen molar-refractivity contribution in [3.05, 3.63) is 40.4 Å². The molecule has 1 amide bonds. The van der Waals surface area contributed by atoms with Crippen LogP contribution in [0.15, 0.2) is 29.1 Å². The van der Waals surface area contributed by atoms with E-state index in [9.17, 15) is 9.59 Å². The van der Waals surface area contributed by atoms with E-state index in [4.69, 9.17) is 9.72 Å². The van der Waals surface area contributed by atoms with E-state index in [0.717, 1.165) is 45.0 Å². The van der Waals surface area contributed by atoms with Crippen molar-refractivity contribution in [1.82, 2.24) is 19.8 Å².